The Morgan fingerprint density at radius 2 is 1.90 bits per heavy atom. The molecule has 0 atom stereocenters. The van der Waals surface area contributed by atoms with Gasteiger partial charge in [-0.05, 0) is 0 Å². The number of nitrogens with two attached hydrogens (primary N) is 2. The lowest BCUT2D eigenvalue weighted by atomic mass is 10.1. The number of hydrogen-bond donors (Lipinski definition) is 2. The first-order chi connectivity index (χ1) is 10.1. The zero-order chi connectivity index (χ0) is 15.0. The number of rotatable bonds is 2. The maximum Gasteiger partial charge on any atom is 0.350 e. The number of thiophene rings is 1. The molecule has 6 nitrogen and oxygen atoms in total. The molecule has 4 N–H and O–H groups in total. The summed E-state index contributed by atoms with van der Waals surface area (Å²) in [4.78, 5) is 21.1. The van der Waals surface area contributed by atoms with Gasteiger partial charge in [0, 0.05) is 5.56 Å². The summed E-state index contributed by atoms with van der Waals surface area (Å²) < 4.78 is 4.73. The fraction of sp³-hybridized carbons (Fsp3) is 0.0714. The molecule has 0 aliphatic heterocycles. The number of methoxy groups -OCH3 is 1. The van der Waals surface area contributed by atoms with Crippen molar-refractivity contribution in [3.63, 3.8) is 0 Å². The third kappa shape index (κ3) is 2.17. The minimum absolute atomic E-state index is 0.138. The van der Waals surface area contributed by atoms with E-state index in [0.717, 1.165) is 16.9 Å². The minimum atomic E-state index is -0.493. The van der Waals surface area contributed by atoms with Crippen LogP contribution in [0.15, 0.2) is 30.3 Å². The Labute approximate surface area is 124 Å². The van der Waals surface area contributed by atoms with Gasteiger partial charge < -0.3 is 16.2 Å². The molecule has 7 heteroatoms. The Morgan fingerprint density at radius 1 is 1.19 bits per heavy atom. The van der Waals surface area contributed by atoms with Crippen molar-refractivity contribution in [3.05, 3.63) is 35.2 Å². The lowest BCUT2D eigenvalue weighted by molar-refractivity contribution is 0.0607. The van der Waals surface area contributed by atoms with Crippen molar-refractivity contribution in [2.45, 2.75) is 0 Å². The number of ether oxygens (including phenoxy) is 1. The number of benzene rings is 1. The largest absolute Gasteiger partial charge is 0.465 e. The van der Waals surface area contributed by atoms with Crippen molar-refractivity contribution >= 4 is 39.2 Å². The van der Waals surface area contributed by atoms with Crippen LogP contribution in [0.4, 0.5) is 11.6 Å². The molecule has 0 radical (unpaired) electrons. The second-order valence-electron chi connectivity index (χ2n) is 4.31. The standard InChI is InChI=1S/C14H12N4O2S/c1-20-13(19)11-9(15)8-10(7-5-3-2-4-6-7)17-14(16)18-12(8)21-11/h2-6H,15H2,1H3,(H2,16,17,18). The Kier molecular flexibility index (Phi) is 3.19. The quantitative estimate of drug-likeness (QED) is 0.704. The molecule has 0 amide bonds. The number of carbonyl (C=O) groups excluding carboxylic acids is 1. The molecule has 0 aliphatic rings. The SMILES string of the molecule is COC(=O)c1sc2nc(N)nc(-c3ccccc3)c2c1N. The number of nitrogen functional groups attached to an aromatic ring is 2. The van der Waals surface area contributed by atoms with Gasteiger partial charge in [0.1, 0.15) is 9.71 Å². The first-order valence-electron chi connectivity index (χ1n) is 6.11. The molecule has 0 bridgehead atoms. The number of nitrogens with zero attached hydrogens (tertiary/aromatic N) is 2. The van der Waals surface area contributed by atoms with E-state index in [1.54, 1.807) is 0 Å². The average molecular weight is 300 g/mol. The second-order valence-corrected chi connectivity index (χ2v) is 5.31. The van der Waals surface area contributed by atoms with Gasteiger partial charge in [0.2, 0.25) is 5.95 Å². The Hall–Kier alpha value is -2.67. The van der Waals surface area contributed by atoms with Gasteiger partial charge in [0.25, 0.3) is 0 Å². The van der Waals surface area contributed by atoms with E-state index in [0.29, 0.717) is 26.5 Å². The summed E-state index contributed by atoms with van der Waals surface area (Å²) in [6.07, 6.45) is 0. The lowest BCUT2D eigenvalue weighted by Gasteiger charge is -2.04. The number of esters is 1. The monoisotopic (exact) mass is 300 g/mol. The predicted octanol–water partition coefficient (Wildman–Crippen LogP) is 2.31. The Balaban J connectivity index is 2.35. The van der Waals surface area contributed by atoms with Gasteiger partial charge in [-0.15, -0.1) is 11.3 Å². The fourth-order valence-corrected chi connectivity index (χ4v) is 3.11. The van der Waals surface area contributed by atoms with Gasteiger partial charge in [-0.25, -0.2) is 14.8 Å². The van der Waals surface area contributed by atoms with Crippen LogP contribution in [0.1, 0.15) is 9.67 Å². The lowest BCUT2D eigenvalue weighted by Crippen LogP contribution is -2.02. The maximum absolute atomic E-state index is 11.8. The van der Waals surface area contributed by atoms with E-state index in [2.05, 4.69) is 9.97 Å². The van der Waals surface area contributed by atoms with Crippen molar-refractivity contribution in [2.24, 2.45) is 0 Å². The maximum atomic E-state index is 11.8. The summed E-state index contributed by atoms with van der Waals surface area (Å²) in [5.74, 6) is -0.355. The van der Waals surface area contributed by atoms with Gasteiger partial charge >= 0.3 is 5.97 Å². The summed E-state index contributed by atoms with van der Waals surface area (Å²) in [7, 11) is 1.31. The zero-order valence-corrected chi connectivity index (χ0v) is 12.0. The number of anilines is 2. The molecule has 2 heterocycles. The third-order valence-corrected chi connectivity index (χ3v) is 4.10. The molecule has 3 aromatic rings. The van der Waals surface area contributed by atoms with Crippen molar-refractivity contribution in [1.82, 2.24) is 9.97 Å². The number of hydrogen-bond acceptors (Lipinski definition) is 7. The summed E-state index contributed by atoms with van der Waals surface area (Å²) in [5.41, 5.74) is 13.6. The fourth-order valence-electron chi connectivity index (χ4n) is 2.09. The summed E-state index contributed by atoms with van der Waals surface area (Å²) in [5, 5.41) is 0.626. The van der Waals surface area contributed by atoms with Crippen LogP contribution in [0, 0.1) is 0 Å². The van der Waals surface area contributed by atoms with Crippen LogP contribution in [0.25, 0.3) is 21.5 Å². The molecule has 0 fully saturated rings. The van der Waals surface area contributed by atoms with Gasteiger partial charge in [-0.1, -0.05) is 30.3 Å². The molecule has 0 spiro atoms. The van der Waals surface area contributed by atoms with Gasteiger partial charge in [0.05, 0.1) is 23.9 Å². The molecule has 2 aromatic heterocycles. The predicted molar refractivity (Wildman–Crippen MR) is 83.0 cm³/mol. The Bertz CT molecular complexity index is 830. The first kappa shape index (κ1) is 13.3. The average Bonchev–Trinajstić information content (AvgIpc) is 2.83. The number of carbonyl (C=O) groups is 1. The van der Waals surface area contributed by atoms with Crippen molar-refractivity contribution in [1.29, 1.82) is 0 Å². The highest BCUT2D eigenvalue weighted by Crippen LogP contribution is 2.38. The van der Waals surface area contributed by atoms with Crippen LogP contribution in [-0.4, -0.2) is 23.0 Å². The van der Waals surface area contributed by atoms with E-state index in [1.165, 1.54) is 7.11 Å². The molecule has 0 unspecified atom stereocenters. The van der Waals surface area contributed by atoms with Crippen LogP contribution >= 0.6 is 11.3 Å². The second kappa shape index (κ2) is 5.02. The van der Waals surface area contributed by atoms with Crippen molar-refractivity contribution < 1.29 is 9.53 Å². The van der Waals surface area contributed by atoms with E-state index in [1.807, 2.05) is 30.3 Å². The summed E-state index contributed by atoms with van der Waals surface area (Å²) >= 11 is 1.15. The highest BCUT2D eigenvalue weighted by atomic mass is 32.1. The third-order valence-electron chi connectivity index (χ3n) is 3.02. The van der Waals surface area contributed by atoms with Crippen LogP contribution in [0.3, 0.4) is 0 Å². The topological polar surface area (TPSA) is 104 Å². The van der Waals surface area contributed by atoms with Crippen LogP contribution in [0.5, 0.6) is 0 Å². The Morgan fingerprint density at radius 3 is 2.57 bits per heavy atom. The first-order valence-corrected chi connectivity index (χ1v) is 6.92. The molecular formula is C14H12N4O2S. The smallest absolute Gasteiger partial charge is 0.350 e. The van der Waals surface area contributed by atoms with E-state index in [-0.39, 0.29) is 5.95 Å². The molecule has 0 saturated heterocycles. The van der Waals surface area contributed by atoms with Crippen LogP contribution in [-0.2, 0) is 4.74 Å². The van der Waals surface area contributed by atoms with Gasteiger partial charge in [-0.3, -0.25) is 0 Å². The van der Waals surface area contributed by atoms with Crippen molar-refractivity contribution in [3.8, 4) is 11.3 Å². The number of fused-ring (bicyclic) bond motifs is 1. The number of aromatic nitrogens is 2. The molecule has 0 saturated carbocycles. The van der Waals surface area contributed by atoms with E-state index in [9.17, 15) is 4.79 Å². The minimum Gasteiger partial charge on any atom is -0.465 e. The highest BCUT2D eigenvalue weighted by molar-refractivity contribution is 7.21. The van der Waals surface area contributed by atoms with E-state index in [4.69, 9.17) is 16.2 Å². The molecule has 106 valence electrons. The zero-order valence-electron chi connectivity index (χ0n) is 11.2. The van der Waals surface area contributed by atoms with Gasteiger partial charge in [-0.2, -0.15) is 0 Å². The van der Waals surface area contributed by atoms with Crippen LogP contribution < -0.4 is 11.5 Å². The van der Waals surface area contributed by atoms with Crippen molar-refractivity contribution in [2.75, 3.05) is 18.6 Å². The molecule has 1 aromatic carbocycles. The summed E-state index contributed by atoms with van der Waals surface area (Å²) in [6.45, 7) is 0. The van der Waals surface area contributed by atoms with Gasteiger partial charge in [0.15, 0.2) is 0 Å². The normalized spacial score (nSPS) is 10.7. The van der Waals surface area contributed by atoms with Crippen LogP contribution in [0.2, 0.25) is 0 Å². The molecule has 0 aliphatic carbocycles. The van der Waals surface area contributed by atoms with E-state index < -0.39 is 5.97 Å². The molecular weight excluding hydrogens is 288 g/mol. The highest BCUT2D eigenvalue weighted by Gasteiger charge is 2.22. The molecule has 21 heavy (non-hydrogen) atoms. The molecule has 3 rings (SSSR count). The summed E-state index contributed by atoms with van der Waals surface area (Å²) in [6, 6.07) is 9.49. The van der Waals surface area contributed by atoms with E-state index >= 15 is 0 Å².